The van der Waals surface area contributed by atoms with Crippen molar-refractivity contribution in [3.8, 4) is 10.4 Å². The highest BCUT2D eigenvalue weighted by atomic mass is 32.1. The second-order valence-corrected chi connectivity index (χ2v) is 10.2. The Morgan fingerprint density at radius 3 is 2.57 bits per heavy atom. The lowest BCUT2D eigenvalue weighted by Gasteiger charge is -2.32. The fourth-order valence-electron chi connectivity index (χ4n) is 4.17. The molecule has 1 aliphatic carbocycles. The van der Waals surface area contributed by atoms with Crippen LogP contribution in [-0.2, 0) is 0 Å². The van der Waals surface area contributed by atoms with Gasteiger partial charge < -0.3 is 20.6 Å². The number of amides is 2. The zero-order valence-electron chi connectivity index (χ0n) is 19.6. The first-order valence-corrected chi connectivity index (χ1v) is 12.4. The summed E-state index contributed by atoms with van der Waals surface area (Å²) in [5, 5.41) is 15.0. The van der Waals surface area contributed by atoms with Gasteiger partial charge in [0, 0.05) is 24.3 Å². The van der Waals surface area contributed by atoms with Crippen molar-refractivity contribution in [2.24, 2.45) is 0 Å². The molecule has 0 radical (unpaired) electrons. The quantitative estimate of drug-likeness (QED) is 0.545. The molecule has 190 valence electrons. The third-order valence-electron chi connectivity index (χ3n) is 6.60. The number of hydrogen-bond donors (Lipinski definition) is 3. The predicted molar refractivity (Wildman–Crippen MR) is 125 cm³/mol. The number of anilines is 1. The van der Waals surface area contributed by atoms with Gasteiger partial charge in [-0.15, -0.1) is 11.3 Å². The number of carbonyl (C=O) groups is 2. The summed E-state index contributed by atoms with van der Waals surface area (Å²) in [6.07, 6.45) is -0.604. The number of thiazole rings is 1. The van der Waals surface area contributed by atoms with Gasteiger partial charge in [0.1, 0.15) is 17.6 Å². The Morgan fingerprint density at radius 1 is 1.29 bits per heavy atom. The van der Waals surface area contributed by atoms with Crippen LogP contribution in [0.3, 0.4) is 0 Å². The number of nitrogens with one attached hydrogen (secondary N) is 2. The van der Waals surface area contributed by atoms with Crippen molar-refractivity contribution >= 4 is 29.0 Å². The van der Waals surface area contributed by atoms with Crippen molar-refractivity contribution in [2.75, 3.05) is 11.9 Å². The van der Waals surface area contributed by atoms with E-state index in [1.165, 1.54) is 12.3 Å². The van der Waals surface area contributed by atoms with Crippen molar-refractivity contribution in [3.63, 3.8) is 0 Å². The number of aryl methyl sites for hydroxylation is 1. The van der Waals surface area contributed by atoms with E-state index in [1.807, 2.05) is 6.92 Å². The van der Waals surface area contributed by atoms with E-state index in [9.17, 15) is 27.9 Å². The summed E-state index contributed by atoms with van der Waals surface area (Å²) >= 11 is 1.03. The molecule has 0 unspecified atom stereocenters. The first-order chi connectivity index (χ1) is 16.5. The molecule has 35 heavy (non-hydrogen) atoms. The number of halogens is 3. The highest BCUT2D eigenvalue weighted by molar-refractivity contribution is 7.17. The second-order valence-electron chi connectivity index (χ2n) is 9.20. The molecule has 1 saturated heterocycles. The van der Waals surface area contributed by atoms with Crippen LogP contribution in [0.2, 0.25) is 0 Å². The van der Waals surface area contributed by atoms with Crippen LogP contribution in [0.4, 0.5) is 19.0 Å². The van der Waals surface area contributed by atoms with E-state index in [0.717, 1.165) is 31.1 Å². The highest BCUT2D eigenvalue weighted by Gasteiger charge is 2.37. The molecule has 2 amide bonds. The summed E-state index contributed by atoms with van der Waals surface area (Å²) < 4.78 is 38.8. The Morgan fingerprint density at radius 2 is 2.03 bits per heavy atom. The first kappa shape index (κ1) is 25.4. The average molecular weight is 512 g/mol. The number of carbonyl (C=O) groups excluding carboxylic acids is 2. The lowest BCUT2D eigenvalue weighted by molar-refractivity contribution is -0.138. The lowest BCUT2D eigenvalue weighted by Crippen LogP contribution is -2.50. The fraction of sp³-hybridized carbons (Fsp3) is 0.565. The van der Waals surface area contributed by atoms with Gasteiger partial charge in [0.2, 0.25) is 0 Å². The minimum Gasteiger partial charge on any atom is -0.391 e. The van der Waals surface area contributed by atoms with E-state index in [4.69, 9.17) is 0 Å². The molecule has 0 spiro atoms. The number of aromatic nitrogens is 2. The molecule has 1 aliphatic heterocycles. The molecule has 1 saturated carbocycles. The SMILES string of the molecule is Cc1cc(N[C@@H](C)C(F)(F)F)ncc1-c1sc(C(=O)N[C@@H]2CC[C@H]2O)nc1C(=O)N1CCC[C@@H]1C. The van der Waals surface area contributed by atoms with Gasteiger partial charge in [-0.3, -0.25) is 9.59 Å². The molecule has 2 aliphatic rings. The predicted octanol–water partition coefficient (Wildman–Crippen LogP) is 3.75. The summed E-state index contributed by atoms with van der Waals surface area (Å²) in [6.45, 7) is 5.25. The summed E-state index contributed by atoms with van der Waals surface area (Å²) in [4.78, 5) is 36.9. The molecule has 3 heterocycles. The molecule has 12 heteroatoms. The molecule has 8 nitrogen and oxygen atoms in total. The maximum atomic E-state index is 13.4. The van der Waals surface area contributed by atoms with E-state index in [2.05, 4.69) is 20.6 Å². The summed E-state index contributed by atoms with van der Waals surface area (Å²) in [7, 11) is 0. The Bertz CT molecular complexity index is 1120. The van der Waals surface area contributed by atoms with E-state index >= 15 is 0 Å². The van der Waals surface area contributed by atoms with E-state index in [-0.39, 0.29) is 34.5 Å². The number of aliphatic hydroxyl groups is 1. The minimum atomic E-state index is -4.42. The first-order valence-electron chi connectivity index (χ1n) is 11.6. The maximum absolute atomic E-state index is 13.4. The minimum absolute atomic E-state index is 0.0362. The molecular weight excluding hydrogens is 483 g/mol. The van der Waals surface area contributed by atoms with Gasteiger partial charge in [0.05, 0.1) is 17.0 Å². The fourth-order valence-corrected chi connectivity index (χ4v) is 5.21. The summed E-state index contributed by atoms with van der Waals surface area (Å²) in [5.74, 6) is -0.716. The zero-order chi connectivity index (χ0) is 25.5. The Labute approximate surface area is 205 Å². The number of likely N-dealkylation sites (tertiary alicyclic amines) is 1. The van der Waals surface area contributed by atoms with Crippen LogP contribution in [0.15, 0.2) is 12.3 Å². The number of nitrogens with zero attached hydrogens (tertiary/aromatic N) is 3. The van der Waals surface area contributed by atoms with Gasteiger partial charge in [0.15, 0.2) is 5.01 Å². The van der Waals surface area contributed by atoms with Gasteiger partial charge in [-0.05, 0) is 58.1 Å². The Balaban J connectivity index is 1.67. The van der Waals surface area contributed by atoms with E-state index in [1.54, 1.807) is 11.8 Å². The normalized spacial score (nSPS) is 23.1. The van der Waals surface area contributed by atoms with Gasteiger partial charge >= 0.3 is 6.18 Å². The maximum Gasteiger partial charge on any atom is 0.408 e. The van der Waals surface area contributed by atoms with E-state index < -0.39 is 24.2 Å². The van der Waals surface area contributed by atoms with Crippen molar-refractivity contribution in [1.29, 1.82) is 0 Å². The highest BCUT2D eigenvalue weighted by Crippen LogP contribution is 2.36. The van der Waals surface area contributed by atoms with E-state index in [0.29, 0.717) is 35.4 Å². The largest absolute Gasteiger partial charge is 0.408 e. The lowest BCUT2D eigenvalue weighted by atomic mass is 9.89. The van der Waals surface area contributed by atoms with Crippen molar-refractivity contribution in [1.82, 2.24) is 20.2 Å². The van der Waals surface area contributed by atoms with Gasteiger partial charge in [-0.2, -0.15) is 13.2 Å². The number of hydrogen-bond acceptors (Lipinski definition) is 7. The monoisotopic (exact) mass is 511 g/mol. The van der Waals surface area contributed by atoms with Crippen molar-refractivity contribution in [3.05, 3.63) is 28.5 Å². The van der Waals surface area contributed by atoms with Gasteiger partial charge in [-0.25, -0.2) is 9.97 Å². The molecule has 3 N–H and O–H groups in total. The summed E-state index contributed by atoms with van der Waals surface area (Å²) in [6, 6.07) is -0.616. The third-order valence-corrected chi connectivity index (χ3v) is 7.69. The topological polar surface area (TPSA) is 107 Å². The standard InChI is InChI=1S/C23H28F3N5O3S/c1-11-9-17(28-13(3)23(24,25)26)27-10-14(11)19-18(22(34)31-8-4-5-12(31)2)30-21(35-19)20(33)29-15-6-7-16(15)32/h9-10,12-13,15-16,32H,4-8H2,1-3H3,(H,27,28)(H,29,33)/t12-,13-,15+,16+/m0/s1. The molecule has 2 aromatic heterocycles. The molecule has 4 rings (SSSR count). The number of rotatable bonds is 6. The molecular formula is C23H28F3N5O3S. The van der Waals surface area contributed by atoms with Crippen molar-refractivity contribution in [2.45, 2.75) is 76.9 Å². The molecule has 0 aromatic carbocycles. The van der Waals surface area contributed by atoms with Crippen LogP contribution < -0.4 is 10.6 Å². The zero-order valence-corrected chi connectivity index (χ0v) is 20.5. The molecule has 4 atom stereocenters. The summed E-state index contributed by atoms with van der Waals surface area (Å²) in [5.41, 5.74) is 1.23. The number of aliphatic hydroxyl groups excluding tert-OH is 1. The smallest absolute Gasteiger partial charge is 0.391 e. The van der Waals surface area contributed by atoms with Gasteiger partial charge in [-0.1, -0.05) is 0 Å². The average Bonchev–Trinajstić information content (AvgIpc) is 3.42. The Hall–Kier alpha value is -2.73. The molecule has 0 bridgehead atoms. The van der Waals surface area contributed by atoms with Crippen LogP contribution in [0.1, 0.15) is 65.4 Å². The van der Waals surface area contributed by atoms with Crippen LogP contribution >= 0.6 is 11.3 Å². The Kier molecular flexibility index (Phi) is 7.05. The molecule has 2 fully saturated rings. The second kappa shape index (κ2) is 9.73. The van der Waals surface area contributed by atoms with Crippen molar-refractivity contribution < 1.29 is 27.9 Å². The molecule has 2 aromatic rings. The van der Waals surface area contributed by atoms with Crippen LogP contribution in [0, 0.1) is 6.92 Å². The van der Waals surface area contributed by atoms with Crippen LogP contribution in [-0.4, -0.2) is 68.7 Å². The van der Waals surface area contributed by atoms with Crippen LogP contribution in [0.5, 0.6) is 0 Å². The van der Waals surface area contributed by atoms with Gasteiger partial charge in [0.25, 0.3) is 11.8 Å². The number of alkyl halides is 3. The van der Waals surface area contributed by atoms with Crippen LogP contribution in [0.25, 0.3) is 10.4 Å². The number of pyridine rings is 1. The third kappa shape index (κ3) is 5.27.